The predicted molar refractivity (Wildman–Crippen MR) is 81.8 cm³/mol. The molecule has 5 heteroatoms. The Labute approximate surface area is 125 Å². The number of nitrogens with zero attached hydrogens (tertiary/aromatic N) is 1. The van der Waals surface area contributed by atoms with E-state index in [9.17, 15) is 0 Å². The minimum absolute atomic E-state index is 0.114. The second-order valence-electron chi connectivity index (χ2n) is 3.97. The molecule has 1 aromatic carbocycles. The largest absolute Gasteiger partial charge is 0.439 e. The first kappa shape index (κ1) is 13.8. The lowest BCUT2D eigenvalue weighted by Crippen LogP contribution is -2.17. The number of oxazole rings is 1. The Kier molecular flexibility index (Phi) is 4.64. The van der Waals surface area contributed by atoms with Gasteiger partial charge in [-0.2, -0.15) is 0 Å². The molecule has 0 bridgehead atoms. The number of rotatable bonds is 4. The maximum absolute atomic E-state index is 6.10. The standard InChI is InChI=1S/C13H14ClIN2O/c1-3-16-8(2)13-17-7-12(18-13)9-4-5-11(15)10(14)6-9/h4-8,16H,3H2,1-2H3. The summed E-state index contributed by atoms with van der Waals surface area (Å²) in [6, 6.07) is 5.96. The number of hydrogen-bond acceptors (Lipinski definition) is 3. The van der Waals surface area contributed by atoms with Crippen molar-refractivity contribution in [1.29, 1.82) is 0 Å². The second-order valence-corrected chi connectivity index (χ2v) is 5.54. The molecule has 1 N–H and O–H groups in total. The zero-order valence-electron chi connectivity index (χ0n) is 10.2. The fourth-order valence-corrected chi connectivity index (χ4v) is 2.18. The smallest absolute Gasteiger partial charge is 0.211 e. The number of nitrogens with one attached hydrogen (secondary N) is 1. The summed E-state index contributed by atoms with van der Waals surface area (Å²) in [7, 11) is 0. The van der Waals surface area contributed by atoms with E-state index in [0.29, 0.717) is 5.89 Å². The van der Waals surface area contributed by atoms with Crippen LogP contribution in [0.15, 0.2) is 28.8 Å². The summed E-state index contributed by atoms with van der Waals surface area (Å²) in [5.74, 6) is 1.44. The van der Waals surface area contributed by atoms with Gasteiger partial charge < -0.3 is 9.73 Å². The Morgan fingerprint density at radius 2 is 2.28 bits per heavy atom. The van der Waals surface area contributed by atoms with E-state index >= 15 is 0 Å². The Morgan fingerprint density at radius 1 is 1.50 bits per heavy atom. The van der Waals surface area contributed by atoms with Gasteiger partial charge in [0.25, 0.3) is 0 Å². The van der Waals surface area contributed by atoms with Crippen molar-refractivity contribution >= 4 is 34.2 Å². The van der Waals surface area contributed by atoms with E-state index in [1.54, 1.807) is 6.20 Å². The molecule has 0 amide bonds. The van der Waals surface area contributed by atoms with Gasteiger partial charge in [0.15, 0.2) is 5.76 Å². The second kappa shape index (κ2) is 6.04. The topological polar surface area (TPSA) is 38.1 Å². The summed E-state index contributed by atoms with van der Waals surface area (Å²) < 4.78 is 6.77. The van der Waals surface area contributed by atoms with E-state index in [2.05, 4.69) is 39.8 Å². The highest BCUT2D eigenvalue weighted by Gasteiger charge is 2.12. The van der Waals surface area contributed by atoms with Crippen LogP contribution < -0.4 is 5.32 Å². The minimum atomic E-state index is 0.114. The van der Waals surface area contributed by atoms with Crippen molar-refractivity contribution in [1.82, 2.24) is 10.3 Å². The molecule has 18 heavy (non-hydrogen) atoms. The third-order valence-corrected chi connectivity index (χ3v) is 4.18. The van der Waals surface area contributed by atoms with Crippen LogP contribution in [0.3, 0.4) is 0 Å². The predicted octanol–water partition coefficient (Wildman–Crippen LogP) is 4.27. The van der Waals surface area contributed by atoms with Crippen LogP contribution in [0.4, 0.5) is 0 Å². The Morgan fingerprint density at radius 3 is 2.94 bits per heavy atom. The van der Waals surface area contributed by atoms with Gasteiger partial charge in [0, 0.05) is 9.13 Å². The highest BCUT2D eigenvalue weighted by atomic mass is 127. The SMILES string of the molecule is CCNC(C)c1ncc(-c2ccc(I)c(Cl)c2)o1. The van der Waals surface area contributed by atoms with Crippen molar-refractivity contribution in [2.24, 2.45) is 0 Å². The Bertz CT molecular complexity index is 542. The number of hydrogen-bond donors (Lipinski definition) is 1. The molecule has 0 aliphatic heterocycles. The van der Waals surface area contributed by atoms with Crippen molar-refractivity contribution in [3.8, 4) is 11.3 Å². The Hall–Kier alpha value is -0.590. The molecule has 0 saturated carbocycles. The van der Waals surface area contributed by atoms with Crippen molar-refractivity contribution in [3.05, 3.63) is 38.9 Å². The molecule has 0 saturated heterocycles. The summed E-state index contributed by atoms with van der Waals surface area (Å²) >= 11 is 8.30. The lowest BCUT2D eigenvalue weighted by Gasteiger charge is -2.06. The van der Waals surface area contributed by atoms with E-state index in [1.165, 1.54) is 0 Å². The minimum Gasteiger partial charge on any atom is -0.439 e. The van der Waals surface area contributed by atoms with E-state index in [1.807, 2.05) is 25.1 Å². The molecule has 2 rings (SSSR count). The molecule has 1 aromatic heterocycles. The summed E-state index contributed by atoms with van der Waals surface area (Å²) in [5, 5.41) is 3.99. The first-order chi connectivity index (χ1) is 8.61. The van der Waals surface area contributed by atoms with Gasteiger partial charge >= 0.3 is 0 Å². The van der Waals surface area contributed by atoms with Gasteiger partial charge in [-0.3, -0.25) is 0 Å². The molecule has 96 valence electrons. The Balaban J connectivity index is 2.26. The maximum atomic E-state index is 6.10. The van der Waals surface area contributed by atoms with Crippen LogP contribution >= 0.6 is 34.2 Å². The molecule has 0 spiro atoms. The molecule has 0 radical (unpaired) electrons. The molecule has 3 nitrogen and oxygen atoms in total. The van der Waals surface area contributed by atoms with Crippen LogP contribution in [0.1, 0.15) is 25.8 Å². The highest BCUT2D eigenvalue weighted by molar-refractivity contribution is 14.1. The molecule has 0 fully saturated rings. The lowest BCUT2D eigenvalue weighted by atomic mass is 10.2. The van der Waals surface area contributed by atoms with Crippen LogP contribution in [0.2, 0.25) is 5.02 Å². The van der Waals surface area contributed by atoms with Gasteiger partial charge in [-0.05, 0) is 48.2 Å². The van der Waals surface area contributed by atoms with E-state index in [-0.39, 0.29) is 6.04 Å². The van der Waals surface area contributed by atoms with Crippen LogP contribution in [0.5, 0.6) is 0 Å². The fraction of sp³-hybridized carbons (Fsp3) is 0.308. The third kappa shape index (κ3) is 3.05. The molecule has 1 atom stereocenters. The van der Waals surface area contributed by atoms with Crippen LogP contribution in [0, 0.1) is 3.57 Å². The first-order valence-electron chi connectivity index (χ1n) is 5.76. The molecule has 1 unspecified atom stereocenters. The van der Waals surface area contributed by atoms with Gasteiger partial charge in [-0.25, -0.2) is 4.98 Å². The van der Waals surface area contributed by atoms with Gasteiger partial charge in [0.1, 0.15) is 0 Å². The van der Waals surface area contributed by atoms with Gasteiger partial charge in [-0.1, -0.05) is 24.6 Å². The molecular weight excluding hydrogens is 363 g/mol. The fourth-order valence-electron chi connectivity index (χ4n) is 1.66. The van der Waals surface area contributed by atoms with Gasteiger partial charge in [0.2, 0.25) is 5.89 Å². The van der Waals surface area contributed by atoms with Crippen molar-refractivity contribution in [2.75, 3.05) is 6.54 Å². The summed E-state index contributed by atoms with van der Waals surface area (Å²) in [4.78, 5) is 4.29. The monoisotopic (exact) mass is 376 g/mol. The van der Waals surface area contributed by atoms with Crippen LogP contribution in [-0.2, 0) is 0 Å². The summed E-state index contributed by atoms with van der Waals surface area (Å²) in [6.07, 6.45) is 1.74. The van der Waals surface area contributed by atoms with Crippen molar-refractivity contribution in [3.63, 3.8) is 0 Å². The van der Waals surface area contributed by atoms with Crippen LogP contribution in [-0.4, -0.2) is 11.5 Å². The molecular formula is C13H14ClIN2O. The zero-order valence-corrected chi connectivity index (χ0v) is 13.1. The number of aromatic nitrogens is 1. The quantitative estimate of drug-likeness (QED) is 0.810. The summed E-state index contributed by atoms with van der Waals surface area (Å²) in [6.45, 7) is 4.97. The third-order valence-electron chi connectivity index (χ3n) is 2.61. The average Bonchev–Trinajstić information content (AvgIpc) is 2.82. The van der Waals surface area contributed by atoms with E-state index < -0.39 is 0 Å². The van der Waals surface area contributed by atoms with Gasteiger partial charge in [0.05, 0.1) is 17.3 Å². The van der Waals surface area contributed by atoms with E-state index in [4.69, 9.17) is 16.0 Å². The molecule has 1 heterocycles. The normalized spacial score (nSPS) is 12.7. The van der Waals surface area contributed by atoms with Gasteiger partial charge in [-0.15, -0.1) is 0 Å². The van der Waals surface area contributed by atoms with E-state index in [0.717, 1.165) is 26.5 Å². The van der Waals surface area contributed by atoms with Crippen molar-refractivity contribution in [2.45, 2.75) is 19.9 Å². The molecule has 2 aromatic rings. The molecule has 0 aliphatic carbocycles. The van der Waals surface area contributed by atoms with Crippen molar-refractivity contribution < 1.29 is 4.42 Å². The maximum Gasteiger partial charge on any atom is 0.211 e. The zero-order chi connectivity index (χ0) is 13.1. The first-order valence-corrected chi connectivity index (χ1v) is 7.22. The highest BCUT2D eigenvalue weighted by Crippen LogP contribution is 2.28. The summed E-state index contributed by atoms with van der Waals surface area (Å²) in [5.41, 5.74) is 0.947. The lowest BCUT2D eigenvalue weighted by molar-refractivity contribution is 0.429. The number of benzene rings is 1. The number of halogens is 2. The average molecular weight is 377 g/mol. The molecule has 0 aliphatic rings. The van der Waals surface area contributed by atoms with Crippen LogP contribution in [0.25, 0.3) is 11.3 Å².